The summed E-state index contributed by atoms with van der Waals surface area (Å²) >= 11 is 0. The molecule has 0 saturated carbocycles. The van der Waals surface area contributed by atoms with Crippen molar-refractivity contribution in [3.63, 3.8) is 0 Å². The van der Waals surface area contributed by atoms with Gasteiger partial charge in [-0.1, -0.05) is 0 Å². The lowest BCUT2D eigenvalue weighted by atomic mass is 10.0. The maximum Gasteiger partial charge on any atom is 0.0623 e. The van der Waals surface area contributed by atoms with Gasteiger partial charge in [-0.15, -0.1) is 0 Å². The van der Waals surface area contributed by atoms with Gasteiger partial charge in [-0.05, 0) is 26.8 Å². The summed E-state index contributed by atoms with van der Waals surface area (Å²) in [6.07, 6.45) is 2.87. The van der Waals surface area contributed by atoms with E-state index in [4.69, 9.17) is 9.47 Å². The van der Waals surface area contributed by atoms with Crippen LogP contribution in [0, 0.1) is 5.92 Å². The fraction of sp³-hybridized carbons (Fsp3) is 1.00. The molecule has 2 atom stereocenters. The van der Waals surface area contributed by atoms with E-state index in [0.29, 0.717) is 18.1 Å². The van der Waals surface area contributed by atoms with Gasteiger partial charge in [0.1, 0.15) is 0 Å². The van der Waals surface area contributed by atoms with E-state index in [1.807, 2.05) is 7.05 Å². The summed E-state index contributed by atoms with van der Waals surface area (Å²) in [4.78, 5) is 2.57. The molecule has 2 fully saturated rings. The Hall–Kier alpha value is -0.160. The Morgan fingerprint density at radius 3 is 2.71 bits per heavy atom. The number of likely N-dealkylation sites (tertiary alicyclic amines) is 1. The highest BCUT2D eigenvalue weighted by atomic mass is 16.5. The summed E-state index contributed by atoms with van der Waals surface area (Å²) in [6, 6.07) is 0.541. The quantitative estimate of drug-likeness (QED) is 0.770. The lowest BCUT2D eigenvalue weighted by molar-refractivity contribution is 0.0102. The Morgan fingerprint density at radius 2 is 2.06 bits per heavy atom. The van der Waals surface area contributed by atoms with Crippen LogP contribution in [-0.4, -0.2) is 63.5 Å². The SMILES string of the molecule is CCOC1CCN(CC2COCC2NC)CC1. The number of likely N-dealkylation sites (N-methyl/N-ethyl adjacent to an activating group) is 1. The van der Waals surface area contributed by atoms with Crippen LogP contribution in [-0.2, 0) is 9.47 Å². The Morgan fingerprint density at radius 1 is 1.29 bits per heavy atom. The molecule has 0 amide bonds. The van der Waals surface area contributed by atoms with E-state index in [-0.39, 0.29) is 0 Å². The van der Waals surface area contributed by atoms with Crippen molar-refractivity contribution in [2.24, 2.45) is 5.92 Å². The third kappa shape index (κ3) is 3.65. The van der Waals surface area contributed by atoms with Gasteiger partial charge in [0.15, 0.2) is 0 Å². The molecule has 2 aliphatic rings. The fourth-order valence-corrected chi connectivity index (χ4v) is 2.92. The van der Waals surface area contributed by atoms with Gasteiger partial charge in [0, 0.05) is 38.2 Å². The largest absolute Gasteiger partial charge is 0.379 e. The molecule has 2 rings (SSSR count). The van der Waals surface area contributed by atoms with Gasteiger partial charge < -0.3 is 19.7 Å². The molecule has 0 radical (unpaired) electrons. The van der Waals surface area contributed by atoms with E-state index in [1.165, 1.54) is 32.5 Å². The Balaban J connectivity index is 1.70. The summed E-state index contributed by atoms with van der Waals surface area (Å²) in [7, 11) is 2.04. The monoisotopic (exact) mass is 242 g/mol. The molecule has 4 heteroatoms. The highest BCUT2D eigenvalue weighted by Gasteiger charge is 2.30. The second-order valence-corrected chi connectivity index (χ2v) is 5.15. The molecule has 2 unspecified atom stereocenters. The Kier molecular flexibility index (Phi) is 5.22. The van der Waals surface area contributed by atoms with Crippen LogP contribution in [0.4, 0.5) is 0 Å². The molecule has 0 aromatic carbocycles. The minimum absolute atomic E-state index is 0.496. The average molecular weight is 242 g/mol. The molecule has 100 valence electrons. The molecule has 2 heterocycles. The van der Waals surface area contributed by atoms with Crippen LogP contribution >= 0.6 is 0 Å². The smallest absolute Gasteiger partial charge is 0.0623 e. The minimum atomic E-state index is 0.496. The molecule has 2 aliphatic heterocycles. The van der Waals surface area contributed by atoms with Gasteiger partial charge in [0.2, 0.25) is 0 Å². The van der Waals surface area contributed by atoms with E-state index in [2.05, 4.69) is 17.1 Å². The predicted octanol–water partition coefficient (Wildman–Crippen LogP) is 0.722. The van der Waals surface area contributed by atoms with Gasteiger partial charge in [-0.25, -0.2) is 0 Å². The minimum Gasteiger partial charge on any atom is -0.379 e. The second-order valence-electron chi connectivity index (χ2n) is 5.15. The zero-order valence-corrected chi connectivity index (χ0v) is 11.2. The highest BCUT2D eigenvalue weighted by Crippen LogP contribution is 2.19. The third-order valence-electron chi connectivity index (χ3n) is 4.00. The van der Waals surface area contributed by atoms with Crippen LogP contribution in [0.2, 0.25) is 0 Å². The number of hydrogen-bond acceptors (Lipinski definition) is 4. The molecule has 17 heavy (non-hydrogen) atoms. The van der Waals surface area contributed by atoms with Gasteiger partial charge in [0.25, 0.3) is 0 Å². The molecule has 0 aliphatic carbocycles. The summed E-state index contributed by atoms with van der Waals surface area (Å²) in [5.41, 5.74) is 0. The highest BCUT2D eigenvalue weighted by molar-refractivity contribution is 4.84. The fourth-order valence-electron chi connectivity index (χ4n) is 2.92. The van der Waals surface area contributed by atoms with E-state index >= 15 is 0 Å². The topological polar surface area (TPSA) is 33.7 Å². The summed E-state index contributed by atoms with van der Waals surface area (Å²) in [5, 5.41) is 3.36. The molecule has 0 aromatic rings. The van der Waals surface area contributed by atoms with Crippen molar-refractivity contribution in [2.75, 3.05) is 46.5 Å². The number of rotatable bonds is 5. The van der Waals surface area contributed by atoms with Gasteiger partial charge >= 0.3 is 0 Å². The van der Waals surface area contributed by atoms with Crippen LogP contribution in [0.3, 0.4) is 0 Å². The molecule has 0 spiro atoms. The van der Waals surface area contributed by atoms with Crippen LogP contribution in [0.25, 0.3) is 0 Å². The zero-order valence-electron chi connectivity index (χ0n) is 11.2. The predicted molar refractivity (Wildman–Crippen MR) is 68.2 cm³/mol. The molecular formula is C13H26N2O2. The van der Waals surface area contributed by atoms with Crippen LogP contribution in [0.15, 0.2) is 0 Å². The number of hydrogen-bond donors (Lipinski definition) is 1. The Labute approximate surface area is 105 Å². The molecule has 4 nitrogen and oxygen atoms in total. The number of piperidine rings is 1. The van der Waals surface area contributed by atoms with Gasteiger partial charge in [0.05, 0.1) is 19.3 Å². The normalized spacial score (nSPS) is 32.1. The van der Waals surface area contributed by atoms with Gasteiger partial charge in [-0.3, -0.25) is 0 Å². The van der Waals surface area contributed by atoms with E-state index in [1.54, 1.807) is 0 Å². The lowest BCUT2D eigenvalue weighted by Gasteiger charge is -2.34. The summed E-state index contributed by atoms with van der Waals surface area (Å²) in [6.45, 7) is 8.25. The van der Waals surface area contributed by atoms with Crippen LogP contribution < -0.4 is 5.32 Å². The maximum atomic E-state index is 5.68. The van der Waals surface area contributed by atoms with Crippen molar-refractivity contribution < 1.29 is 9.47 Å². The third-order valence-corrected chi connectivity index (χ3v) is 4.00. The van der Waals surface area contributed by atoms with Crippen molar-refractivity contribution in [1.82, 2.24) is 10.2 Å². The van der Waals surface area contributed by atoms with Crippen molar-refractivity contribution in [2.45, 2.75) is 31.9 Å². The van der Waals surface area contributed by atoms with Crippen molar-refractivity contribution in [3.8, 4) is 0 Å². The van der Waals surface area contributed by atoms with Crippen molar-refractivity contribution >= 4 is 0 Å². The first-order valence-corrected chi connectivity index (χ1v) is 6.92. The molecule has 2 saturated heterocycles. The number of nitrogens with zero attached hydrogens (tertiary/aromatic N) is 1. The van der Waals surface area contributed by atoms with E-state index in [0.717, 1.165) is 19.8 Å². The van der Waals surface area contributed by atoms with E-state index in [9.17, 15) is 0 Å². The Bertz CT molecular complexity index is 217. The van der Waals surface area contributed by atoms with Crippen molar-refractivity contribution in [1.29, 1.82) is 0 Å². The van der Waals surface area contributed by atoms with Gasteiger partial charge in [-0.2, -0.15) is 0 Å². The molecule has 0 bridgehead atoms. The summed E-state index contributed by atoms with van der Waals surface area (Å²) in [5.74, 6) is 0.656. The second kappa shape index (κ2) is 6.69. The molecule has 1 N–H and O–H groups in total. The summed E-state index contributed by atoms with van der Waals surface area (Å²) < 4.78 is 11.2. The van der Waals surface area contributed by atoms with E-state index < -0.39 is 0 Å². The average Bonchev–Trinajstić information content (AvgIpc) is 2.79. The van der Waals surface area contributed by atoms with Crippen LogP contribution in [0.5, 0.6) is 0 Å². The molecule has 0 aromatic heterocycles. The number of nitrogens with one attached hydrogen (secondary N) is 1. The van der Waals surface area contributed by atoms with Crippen LogP contribution in [0.1, 0.15) is 19.8 Å². The zero-order chi connectivity index (χ0) is 12.1. The maximum absolute atomic E-state index is 5.68. The number of ether oxygens (including phenoxy) is 2. The van der Waals surface area contributed by atoms with Crippen molar-refractivity contribution in [3.05, 3.63) is 0 Å². The standard InChI is InChI=1S/C13H26N2O2/c1-3-17-12-4-6-15(7-5-12)8-11-9-16-10-13(11)14-2/h11-14H,3-10H2,1-2H3. The lowest BCUT2D eigenvalue weighted by Crippen LogP contribution is -2.44. The first-order valence-electron chi connectivity index (χ1n) is 6.92. The molecular weight excluding hydrogens is 216 g/mol. The first-order chi connectivity index (χ1) is 8.33. The first kappa shape index (κ1) is 13.3.